The van der Waals surface area contributed by atoms with Gasteiger partial charge in [0.05, 0.1) is 14.2 Å². The Bertz CT molecular complexity index is 560. The number of nitrogens with zero attached hydrogens (tertiary/aromatic N) is 1. The van der Waals surface area contributed by atoms with Gasteiger partial charge in [0.15, 0.2) is 0 Å². The Morgan fingerprint density at radius 1 is 1.17 bits per heavy atom. The van der Waals surface area contributed by atoms with Crippen molar-refractivity contribution in [3.05, 3.63) is 23.8 Å². The molecular formula is C18H26N2O4. The van der Waals surface area contributed by atoms with Crippen molar-refractivity contribution in [2.24, 2.45) is 0 Å². The third-order valence-corrected chi connectivity index (χ3v) is 4.46. The topological polar surface area (TPSA) is 67.9 Å². The van der Waals surface area contributed by atoms with Crippen LogP contribution in [0.15, 0.2) is 18.2 Å². The van der Waals surface area contributed by atoms with Crippen molar-refractivity contribution in [2.75, 3.05) is 27.3 Å². The smallest absolute Gasteiger partial charge is 0.258 e. The molecule has 1 aromatic rings. The zero-order valence-corrected chi connectivity index (χ0v) is 14.6. The fourth-order valence-corrected chi connectivity index (χ4v) is 3.27. The number of carbonyl (C=O) groups excluding carboxylic acids is 2. The normalized spacial score (nSPS) is 14.3. The maximum atomic E-state index is 12.5. The van der Waals surface area contributed by atoms with Crippen LogP contribution in [-0.4, -0.2) is 50.1 Å². The molecule has 0 aliphatic heterocycles. The second kappa shape index (κ2) is 8.57. The molecule has 0 unspecified atom stereocenters. The maximum absolute atomic E-state index is 12.5. The minimum Gasteiger partial charge on any atom is -0.496 e. The molecule has 2 amide bonds. The molecule has 6 nitrogen and oxygen atoms in total. The van der Waals surface area contributed by atoms with Gasteiger partial charge in [-0.3, -0.25) is 9.59 Å². The van der Waals surface area contributed by atoms with Gasteiger partial charge in [-0.05, 0) is 25.0 Å². The Labute approximate surface area is 143 Å². The third-order valence-electron chi connectivity index (χ3n) is 4.46. The van der Waals surface area contributed by atoms with E-state index in [1.165, 1.54) is 27.1 Å². The van der Waals surface area contributed by atoms with Gasteiger partial charge >= 0.3 is 0 Å². The summed E-state index contributed by atoms with van der Waals surface area (Å²) in [5.74, 6) is 0.724. The number of rotatable bonds is 7. The van der Waals surface area contributed by atoms with Crippen molar-refractivity contribution in [1.82, 2.24) is 10.2 Å². The number of carbonyl (C=O) groups is 2. The molecule has 1 aliphatic rings. The highest BCUT2D eigenvalue weighted by Crippen LogP contribution is 2.28. The highest BCUT2D eigenvalue weighted by atomic mass is 16.5. The molecule has 1 N–H and O–H groups in total. The molecule has 1 aromatic carbocycles. The van der Waals surface area contributed by atoms with Crippen molar-refractivity contribution >= 4 is 11.8 Å². The summed E-state index contributed by atoms with van der Waals surface area (Å²) >= 11 is 0. The summed E-state index contributed by atoms with van der Waals surface area (Å²) in [7, 11) is 3.03. The molecule has 0 aromatic heterocycles. The fourth-order valence-electron chi connectivity index (χ4n) is 3.27. The van der Waals surface area contributed by atoms with Crippen molar-refractivity contribution in [1.29, 1.82) is 0 Å². The lowest BCUT2D eigenvalue weighted by molar-refractivity contribution is -0.131. The van der Waals surface area contributed by atoms with Crippen LogP contribution in [0.5, 0.6) is 11.5 Å². The van der Waals surface area contributed by atoms with Gasteiger partial charge in [-0.1, -0.05) is 18.9 Å². The number of hydrogen-bond donors (Lipinski definition) is 1. The lowest BCUT2D eigenvalue weighted by Gasteiger charge is -2.28. The molecule has 6 heteroatoms. The van der Waals surface area contributed by atoms with Crippen LogP contribution >= 0.6 is 0 Å². The summed E-state index contributed by atoms with van der Waals surface area (Å²) in [5.41, 5.74) is 0.373. The lowest BCUT2D eigenvalue weighted by atomic mass is 10.1. The molecule has 24 heavy (non-hydrogen) atoms. The second-order valence-corrected chi connectivity index (χ2v) is 5.94. The molecule has 1 fully saturated rings. The van der Waals surface area contributed by atoms with E-state index in [2.05, 4.69) is 5.32 Å². The SMILES string of the molecule is COc1cccc(OC)c1C(=O)NCCN(C(C)=O)C1CCCC1. The Kier molecular flexibility index (Phi) is 6.46. The predicted octanol–water partition coefficient (Wildman–Crippen LogP) is 2.22. The Morgan fingerprint density at radius 3 is 2.25 bits per heavy atom. The highest BCUT2D eigenvalue weighted by molar-refractivity contribution is 5.99. The van der Waals surface area contributed by atoms with Gasteiger partial charge in [-0.2, -0.15) is 0 Å². The van der Waals surface area contributed by atoms with E-state index in [1.807, 2.05) is 4.90 Å². The summed E-state index contributed by atoms with van der Waals surface area (Å²) in [6, 6.07) is 5.52. The summed E-state index contributed by atoms with van der Waals surface area (Å²) in [6.07, 6.45) is 4.43. The monoisotopic (exact) mass is 334 g/mol. The van der Waals surface area contributed by atoms with E-state index in [0.29, 0.717) is 36.2 Å². The molecular weight excluding hydrogens is 308 g/mol. The summed E-state index contributed by atoms with van der Waals surface area (Å²) in [4.78, 5) is 26.2. The van der Waals surface area contributed by atoms with Crippen LogP contribution in [0.2, 0.25) is 0 Å². The molecule has 0 saturated heterocycles. The zero-order chi connectivity index (χ0) is 17.5. The van der Waals surface area contributed by atoms with Gasteiger partial charge in [0.1, 0.15) is 17.1 Å². The molecule has 132 valence electrons. The van der Waals surface area contributed by atoms with E-state index >= 15 is 0 Å². The average Bonchev–Trinajstić information content (AvgIpc) is 3.11. The first-order valence-electron chi connectivity index (χ1n) is 8.35. The van der Waals surface area contributed by atoms with Crippen LogP contribution < -0.4 is 14.8 Å². The van der Waals surface area contributed by atoms with E-state index in [0.717, 1.165) is 12.8 Å². The predicted molar refractivity (Wildman–Crippen MR) is 91.5 cm³/mol. The van der Waals surface area contributed by atoms with Crippen molar-refractivity contribution < 1.29 is 19.1 Å². The van der Waals surface area contributed by atoms with E-state index in [-0.39, 0.29) is 11.8 Å². The number of methoxy groups -OCH3 is 2. The summed E-state index contributed by atoms with van der Waals surface area (Å²) in [6.45, 7) is 2.50. The van der Waals surface area contributed by atoms with Crippen LogP contribution in [0.4, 0.5) is 0 Å². The number of nitrogens with one attached hydrogen (secondary N) is 1. The molecule has 0 atom stereocenters. The zero-order valence-electron chi connectivity index (χ0n) is 14.6. The van der Waals surface area contributed by atoms with Gasteiger partial charge < -0.3 is 19.7 Å². The minimum atomic E-state index is -0.265. The van der Waals surface area contributed by atoms with Gasteiger partial charge in [-0.25, -0.2) is 0 Å². The highest BCUT2D eigenvalue weighted by Gasteiger charge is 2.24. The van der Waals surface area contributed by atoms with E-state index in [1.54, 1.807) is 25.1 Å². The molecule has 2 rings (SSSR count). The van der Waals surface area contributed by atoms with Gasteiger partial charge in [0.25, 0.3) is 5.91 Å². The van der Waals surface area contributed by atoms with E-state index < -0.39 is 0 Å². The average molecular weight is 334 g/mol. The van der Waals surface area contributed by atoms with Crippen molar-refractivity contribution in [3.8, 4) is 11.5 Å². The fraction of sp³-hybridized carbons (Fsp3) is 0.556. The molecule has 1 aliphatic carbocycles. The molecule has 0 radical (unpaired) electrons. The first kappa shape index (κ1) is 18.1. The third kappa shape index (κ3) is 4.19. The number of ether oxygens (including phenoxy) is 2. The van der Waals surface area contributed by atoms with E-state index in [4.69, 9.17) is 9.47 Å². The van der Waals surface area contributed by atoms with Crippen molar-refractivity contribution in [3.63, 3.8) is 0 Å². The van der Waals surface area contributed by atoms with Crippen LogP contribution in [-0.2, 0) is 4.79 Å². The first-order valence-corrected chi connectivity index (χ1v) is 8.35. The molecule has 0 heterocycles. The Balaban J connectivity index is 1.99. The van der Waals surface area contributed by atoms with Crippen LogP contribution in [0.3, 0.4) is 0 Å². The summed E-state index contributed by atoms with van der Waals surface area (Å²) < 4.78 is 10.5. The summed E-state index contributed by atoms with van der Waals surface area (Å²) in [5, 5.41) is 2.86. The van der Waals surface area contributed by atoms with Crippen LogP contribution in [0.1, 0.15) is 43.0 Å². The lowest BCUT2D eigenvalue weighted by Crippen LogP contribution is -2.42. The van der Waals surface area contributed by atoms with E-state index in [9.17, 15) is 9.59 Å². The van der Waals surface area contributed by atoms with Gasteiger partial charge in [0, 0.05) is 26.1 Å². The molecule has 0 spiro atoms. The number of amides is 2. The second-order valence-electron chi connectivity index (χ2n) is 5.94. The largest absolute Gasteiger partial charge is 0.496 e. The Morgan fingerprint density at radius 2 is 1.75 bits per heavy atom. The molecule has 1 saturated carbocycles. The Hall–Kier alpha value is -2.24. The van der Waals surface area contributed by atoms with Crippen molar-refractivity contribution in [2.45, 2.75) is 38.6 Å². The standard InChI is InChI=1S/C18H26N2O4/c1-13(21)20(14-7-4-5-8-14)12-11-19-18(22)17-15(23-2)9-6-10-16(17)24-3/h6,9-10,14H,4-5,7-8,11-12H2,1-3H3,(H,19,22). The van der Waals surface area contributed by atoms with Gasteiger partial charge in [-0.15, -0.1) is 0 Å². The van der Waals surface area contributed by atoms with Crippen LogP contribution in [0, 0.1) is 0 Å². The van der Waals surface area contributed by atoms with Gasteiger partial charge in [0.2, 0.25) is 5.91 Å². The first-order chi connectivity index (χ1) is 11.6. The van der Waals surface area contributed by atoms with Crippen LogP contribution in [0.25, 0.3) is 0 Å². The number of benzene rings is 1. The quantitative estimate of drug-likeness (QED) is 0.830. The minimum absolute atomic E-state index is 0.0611. The molecule has 0 bridgehead atoms. The number of hydrogen-bond acceptors (Lipinski definition) is 4. The maximum Gasteiger partial charge on any atom is 0.258 e.